The highest BCUT2D eigenvalue weighted by Gasteiger charge is 2.10. The van der Waals surface area contributed by atoms with E-state index in [-0.39, 0.29) is 12.0 Å². The van der Waals surface area contributed by atoms with Crippen LogP contribution in [-0.2, 0) is 11.3 Å². The minimum atomic E-state index is -1.17. The van der Waals surface area contributed by atoms with Crippen LogP contribution in [0.3, 0.4) is 0 Å². The molecule has 25 heavy (non-hydrogen) atoms. The van der Waals surface area contributed by atoms with Crippen molar-refractivity contribution >= 4 is 0 Å². The van der Waals surface area contributed by atoms with Crippen molar-refractivity contribution in [2.24, 2.45) is 5.41 Å². The maximum atomic E-state index is 10.2. The van der Waals surface area contributed by atoms with Crippen LogP contribution >= 0.6 is 0 Å². The fourth-order valence-electron chi connectivity index (χ4n) is 1.76. The van der Waals surface area contributed by atoms with Crippen LogP contribution in [0.25, 0.3) is 0 Å². The molecule has 1 aromatic rings. The molecule has 3 nitrogen and oxygen atoms in total. The lowest BCUT2D eigenvalue weighted by atomic mass is 9.98. The lowest BCUT2D eigenvalue weighted by Gasteiger charge is -2.11. The Labute approximate surface area is 151 Å². The fourth-order valence-corrected chi connectivity index (χ4v) is 1.76. The van der Waals surface area contributed by atoms with Gasteiger partial charge in [-0.1, -0.05) is 42.2 Å². The number of ether oxygens (including phenoxy) is 1. The first-order chi connectivity index (χ1) is 11.7. The van der Waals surface area contributed by atoms with Gasteiger partial charge in [0.05, 0.1) is 13.2 Å². The molecule has 0 saturated carbocycles. The molecule has 3 heteroatoms. The second-order valence-corrected chi connectivity index (χ2v) is 7.12. The van der Waals surface area contributed by atoms with Crippen molar-refractivity contribution in [3.8, 4) is 11.8 Å². The molecule has 2 atom stereocenters. The molecule has 0 heterocycles. The first-order valence-corrected chi connectivity index (χ1v) is 8.34. The Bertz CT molecular complexity index is 661. The third-order valence-electron chi connectivity index (χ3n) is 3.02. The van der Waals surface area contributed by atoms with Gasteiger partial charge in [0.15, 0.2) is 0 Å². The monoisotopic (exact) mass is 340 g/mol. The van der Waals surface area contributed by atoms with Crippen molar-refractivity contribution in [2.75, 3.05) is 6.61 Å². The summed E-state index contributed by atoms with van der Waals surface area (Å²) in [4.78, 5) is 0. The standard InChI is InChI=1S/C22H28O3/c1-21(2,3)14-8-9-15-22(4,24)16-10-13-20(23)18-25-17-19-11-6-5-7-12-19/h5-7,9,11-13,15-16,20,23-24H,17-18H2,1-4H3/b15-9+/t10?,20-,22+/m0/s1. The number of rotatable bonds is 7. The molecule has 0 saturated heterocycles. The molecule has 0 fully saturated rings. The zero-order chi connectivity index (χ0) is 18.8. The minimum absolute atomic E-state index is 0.0736. The van der Waals surface area contributed by atoms with Crippen LogP contribution in [0.2, 0.25) is 0 Å². The summed E-state index contributed by atoms with van der Waals surface area (Å²) in [6.45, 7) is 8.32. The lowest BCUT2D eigenvalue weighted by molar-refractivity contribution is 0.0504. The van der Waals surface area contributed by atoms with Crippen molar-refractivity contribution in [3.05, 3.63) is 65.9 Å². The van der Waals surface area contributed by atoms with Gasteiger partial charge in [-0.3, -0.25) is 0 Å². The summed E-state index contributed by atoms with van der Waals surface area (Å²) in [6.07, 6.45) is 5.38. The van der Waals surface area contributed by atoms with E-state index < -0.39 is 11.7 Å². The van der Waals surface area contributed by atoms with Crippen molar-refractivity contribution in [2.45, 2.75) is 46.0 Å². The third-order valence-corrected chi connectivity index (χ3v) is 3.02. The van der Waals surface area contributed by atoms with Crippen LogP contribution < -0.4 is 0 Å². The van der Waals surface area contributed by atoms with Crippen LogP contribution in [0.4, 0.5) is 0 Å². The van der Waals surface area contributed by atoms with Gasteiger partial charge in [-0.15, -0.1) is 5.73 Å². The van der Waals surface area contributed by atoms with Gasteiger partial charge < -0.3 is 14.9 Å². The number of hydrogen-bond acceptors (Lipinski definition) is 3. The molecule has 0 bridgehead atoms. The van der Waals surface area contributed by atoms with Crippen molar-refractivity contribution in [1.82, 2.24) is 0 Å². The molecule has 0 aliphatic carbocycles. The number of hydrogen-bond donors (Lipinski definition) is 2. The highest BCUT2D eigenvalue weighted by molar-refractivity contribution is 5.24. The number of allylic oxidation sites excluding steroid dienone is 1. The van der Waals surface area contributed by atoms with Crippen LogP contribution in [-0.4, -0.2) is 28.5 Å². The molecule has 1 rings (SSSR count). The fraction of sp³-hybridized carbons (Fsp3) is 0.409. The summed E-state index contributed by atoms with van der Waals surface area (Å²) < 4.78 is 5.45. The Kier molecular flexibility index (Phi) is 8.41. The van der Waals surface area contributed by atoms with Gasteiger partial charge in [0, 0.05) is 5.41 Å². The van der Waals surface area contributed by atoms with Gasteiger partial charge in [-0.05, 0) is 57.6 Å². The maximum Gasteiger partial charge on any atom is 0.106 e. The molecule has 0 unspecified atom stereocenters. The van der Waals surface area contributed by atoms with Crippen LogP contribution in [0, 0.1) is 17.3 Å². The Morgan fingerprint density at radius 2 is 1.84 bits per heavy atom. The topological polar surface area (TPSA) is 49.7 Å². The highest BCUT2D eigenvalue weighted by Crippen LogP contribution is 2.10. The zero-order valence-corrected chi connectivity index (χ0v) is 15.5. The smallest absolute Gasteiger partial charge is 0.106 e. The summed E-state index contributed by atoms with van der Waals surface area (Å²) in [5, 5.41) is 20.0. The van der Waals surface area contributed by atoms with Crippen molar-refractivity contribution in [1.29, 1.82) is 0 Å². The van der Waals surface area contributed by atoms with E-state index in [4.69, 9.17) is 4.74 Å². The van der Waals surface area contributed by atoms with E-state index in [9.17, 15) is 10.2 Å². The number of benzene rings is 1. The molecule has 2 N–H and O–H groups in total. The van der Waals surface area contributed by atoms with Gasteiger partial charge >= 0.3 is 0 Å². The molecule has 0 aromatic heterocycles. The van der Waals surface area contributed by atoms with E-state index in [2.05, 4.69) is 17.6 Å². The van der Waals surface area contributed by atoms with Crippen LogP contribution in [0.5, 0.6) is 0 Å². The predicted molar refractivity (Wildman–Crippen MR) is 102 cm³/mol. The van der Waals surface area contributed by atoms with Gasteiger partial charge in [0.2, 0.25) is 0 Å². The number of aliphatic hydroxyl groups is 2. The average molecular weight is 340 g/mol. The Morgan fingerprint density at radius 1 is 1.16 bits per heavy atom. The first-order valence-electron chi connectivity index (χ1n) is 8.34. The third kappa shape index (κ3) is 11.2. The van der Waals surface area contributed by atoms with E-state index in [0.717, 1.165) is 5.56 Å². The van der Waals surface area contributed by atoms with E-state index in [1.807, 2.05) is 51.1 Å². The average Bonchev–Trinajstić information content (AvgIpc) is 2.52. The molecule has 0 spiro atoms. The van der Waals surface area contributed by atoms with Crippen LogP contribution in [0.1, 0.15) is 33.3 Å². The molecule has 0 radical (unpaired) electrons. The second-order valence-electron chi connectivity index (χ2n) is 7.12. The molecular weight excluding hydrogens is 312 g/mol. The predicted octanol–water partition coefficient (Wildman–Crippen LogP) is 3.63. The molecular formula is C22H28O3. The molecule has 1 aromatic carbocycles. The Balaban J connectivity index is 2.45. The minimum Gasteiger partial charge on any atom is -0.386 e. The van der Waals surface area contributed by atoms with E-state index in [1.165, 1.54) is 12.2 Å². The summed E-state index contributed by atoms with van der Waals surface area (Å²) >= 11 is 0. The highest BCUT2D eigenvalue weighted by atomic mass is 16.5. The van der Waals surface area contributed by atoms with Crippen molar-refractivity contribution in [3.63, 3.8) is 0 Å². The van der Waals surface area contributed by atoms with E-state index in [0.29, 0.717) is 6.61 Å². The van der Waals surface area contributed by atoms with Gasteiger partial charge in [0.25, 0.3) is 0 Å². The molecule has 0 aliphatic heterocycles. The largest absolute Gasteiger partial charge is 0.386 e. The first kappa shape index (κ1) is 21.0. The quantitative estimate of drug-likeness (QED) is 0.589. The van der Waals surface area contributed by atoms with Gasteiger partial charge in [-0.25, -0.2) is 0 Å². The normalized spacial score (nSPS) is 14.8. The SMILES string of the molecule is CC(C)(C)C#C/C=C/[C@@](C)(O)C=C=C[C@H](O)COCc1ccccc1. The zero-order valence-electron chi connectivity index (χ0n) is 15.5. The summed E-state index contributed by atoms with van der Waals surface area (Å²) in [5.74, 6) is 5.97. The summed E-state index contributed by atoms with van der Waals surface area (Å²) in [5.41, 5.74) is 2.61. The maximum absolute atomic E-state index is 10.2. The number of aliphatic hydroxyl groups excluding tert-OH is 1. The van der Waals surface area contributed by atoms with Crippen LogP contribution in [0.15, 0.2) is 60.4 Å². The second kappa shape index (κ2) is 10.0. The molecule has 0 aliphatic rings. The van der Waals surface area contributed by atoms with Gasteiger partial charge in [-0.2, -0.15) is 0 Å². The molecule has 134 valence electrons. The lowest BCUT2D eigenvalue weighted by Crippen LogP contribution is -2.16. The van der Waals surface area contributed by atoms with Gasteiger partial charge in [0.1, 0.15) is 11.7 Å². The van der Waals surface area contributed by atoms with E-state index >= 15 is 0 Å². The van der Waals surface area contributed by atoms with Crippen molar-refractivity contribution < 1.29 is 14.9 Å². The Morgan fingerprint density at radius 3 is 2.48 bits per heavy atom. The van der Waals surface area contributed by atoms with E-state index in [1.54, 1.807) is 19.1 Å². The summed E-state index contributed by atoms with van der Waals surface area (Å²) in [6, 6.07) is 9.77. The molecule has 0 amide bonds. The summed E-state index contributed by atoms with van der Waals surface area (Å²) in [7, 11) is 0. The Hall–Kier alpha value is -2.08.